The van der Waals surface area contributed by atoms with Crippen LogP contribution in [0.15, 0.2) is 60.2 Å². The third-order valence-electron chi connectivity index (χ3n) is 5.40. The Kier molecular flexibility index (Phi) is 3.16. The average molecular weight is 378 g/mol. The highest BCUT2D eigenvalue weighted by Gasteiger charge is 2.60. The van der Waals surface area contributed by atoms with Crippen LogP contribution < -0.4 is 4.74 Å². The summed E-state index contributed by atoms with van der Waals surface area (Å²) in [7, 11) is 0. The molecule has 2 atom stereocenters. The summed E-state index contributed by atoms with van der Waals surface area (Å²) in [6, 6.07) is 8.85. The van der Waals surface area contributed by atoms with Gasteiger partial charge in [0.1, 0.15) is 23.0 Å². The van der Waals surface area contributed by atoms with E-state index in [9.17, 15) is 24.9 Å². The summed E-state index contributed by atoms with van der Waals surface area (Å²) < 4.78 is 11.7. The van der Waals surface area contributed by atoms with E-state index < -0.39 is 29.4 Å². The minimum absolute atomic E-state index is 0.0423. The number of rotatable bonds is 1. The van der Waals surface area contributed by atoms with Crippen molar-refractivity contribution in [1.29, 1.82) is 0 Å². The number of carboxylic acid groups (broad SMARTS) is 1. The fourth-order valence-electron chi connectivity index (χ4n) is 4.25. The Morgan fingerprint density at radius 3 is 2.18 bits per heavy atom. The van der Waals surface area contributed by atoms with E-state index >= 15 is 0 Å². The first-order valence-electron chi connectivity index (χ1n) is 8.61. The van der Waals surface area contributed by atoms with Gasteiger partial charge in [0, 0.05) is 23.3 Å². The number of ether oxygens (including phenoxy) is 2. The Bertz CT molecular complexity index is 1060. The van der Waals surface area contributed by atoms with Crippen LogP contribution in [0.2, 0.25) is 0 Å². The van der Waals surface area contributed by atoms with Crippen LogP contribution in [0.5, 0.6) is 23.0 Å². The molecule has 1 aliphatic carbocycles. The van der Waals surface area contributed by atoms with Crippen LogP contribution >= 0.6 is 0 Å². The molecule has 3 aliphatic rings. The lowest BCUT2D eigenvalue weighted by Crippen LogP contribution is -2.34. The van der Waals surface area contributed by atoms with Gasteiger partial charge in [-0.2, -0.15) is 0 Å². The van der Waals surface area contributed by atoms with Crippen molar-refractivity contribution >= 4 is 11.9 Å². The zero-order valence-corrected chi connectivity index (χ0v) is 14.3. The molecule has 2 aliphatic heterocycles. The van der Waals surface area contributed by atoms with Crippen molar-refractivity contribution in [1.82, 2.24) is 0 Å². The third-order valence-corrected chi connectivity index (χ3v) is 5.40. The number of carboxylic acids is 1. The fraction of sp³-hybridized carbons (Fsp3) is 0.143. The molecule has 28 heavy (non-hydrogen) atoms. The smallest absolute Gasteiger partial charge is 0.316 e. The lowest BCUT2D eigenvalue weighted by Gasteiger charge is -2.37. The zero-order chi connectivity index (χ0) is 19.6. The number of phenols is 2. The van der Waals surface area contributed by atoms with Gasteiger partial charge in [0.15, 0.2) is 5.60 Å². The summed E-state index contributed by atoms with van der Waals surface area (Å²) in [5.41, 5.74) is 0.0366. The molecule has 1 fully saturated rings. The summed E-state index contributed by atoms with van der Waals surface area (Å²) in [5.74, 6) is -3.37. The van der Waals surface area contributed by atoms with Crippen molar-refractivity contribution in [2.24, 2.45) is 11.8 Å². The van der Waals surface area contributed by atoms with Gasteiger partial charge in [0.05, 0.1) is 11.8 Å². The minimum Gasteiger partial charge on any atom is -0.508 e. The van der Waals surface area contributed by atoms with Crippen molar-refractivity contribution in [3.63, 3.8) is 0 Å². The summed E-state index contributed by atoms with van der Waals surface area (Å²) in [5, 5.41) is 29.3. The number of hydrogen-bond donors (Lipinski definition) is 3. The summed E-state index contributed by atoms with van der Waals surface area (Å²) >= 11 is 0. The van der Waals surface area contributed by atoms with Gasteiger partial charge in [-0.05, 0) is 29.8 Å². The summed E-state index contributed by atoms with van der Waals surface area (Å²) in [4.78, 5) is 24.6. The molecule has 5 rings (SSSR count). The first-order valence-corrected chi connectivity index (χ1v) is 8.61. The van der Waals surface area contributed by atoms with Gasteiger partial charge >= 0.3 is 11.9 Å². The topological polar surface area (TPSA) is 113 Å². The second-order valence-corrected chi connectivity index (χ2v) is 6.91. The number of allylic oxidation sites excluding steroid dienone is 2. The molecule has 0 bridgehead atoms. The zero-order valence-electron chi connectivity index (χ0n) is 14.3. The van der Waals surface area contributed by atoms with Crippen LogP contribution in [0.4, 0.5) is 0 Å². The quantitative estimate of drug-likeness (QED) is 0.654. The average Bonchev–Trinajstić information content (AvgIpc) is 2.95. The van der Waals surface area contributed by atoms with Gasteiger partial charge in [-0.25, -0.2) is 0 Å². The Labute approximate surface area is 158 Å². The van der Waals surface area contributed by atoms with Gasteiger partial charge in [-0.1, -0.05) is 18.2 Å². The predicted octanol–water partition coefficient (Wildman–Crippen LogP) is 2.82. The highest BCUT2D eigenvalue weighted by molar-refractivity contribution is 5.91. The Balaban J connectivity index is 1.83. The summed E-state index contributed by atoms with van der Waals surface area (Å²) in [6.07, 6.45) is 4.75. The molecule has 140 valence electrons. The van der Waals surface area contributed by atoms with Crippen LogP contribution in [0, 0.1) is 11.8 Å². The Morgan fingerprint density at radius 1 is 1.00 bits per heavy atom. The molecule has 1 spiro atoms. The molecular weight excluding hydrogens is 364 g/mol. The molecule has 2 unspecified atom stereocenters. The van der Waals surface area contributed by atoms with Crippen LogP contribution in [0.1, 0.15) is 11.1 Å². The van der Waals surface area contributed by atoms with Crippen LogP contribution in [-0.4, -0.2) is 27.3 Å². The monoisotopic (exact) mass is 378 g/mol. The molecule has 1 saturated heterocycles. The van der Waals surface area contributed by atoms with E-state index in [4.69, 9.17) is 9.47 Å². The molecule has 7 nitrogen and oxygen atoms in total. The number of hydrogen-bond acceptors (Lipinski definition) is 6. The second-order valence-electron chi connectivity index (χ2n) is 6.91. The molecule has 3 N–H and O–H groups in total. The van der Waals surface area contributed by atoms with Crippen LogP contribution in [0.3, 0.4) is 0 Å². The number of esters is 1. The lowest BCUT2D eigenvalue weighted by molar-refractivity contribution is -0.153. The molecule has 2 heterocycles. The van der Waals surface area contributed by atoms with Crippen molar-refractivity contribution in [2.75, 3.05) is 0 Å². The number of carbonyl (C=O) groups is 2. The number of aliphatic carboxylic acids is 1. The van der Waals surface area contributed by atoms with Crippen LogP contribution in [0.25, 0.3) is 0 Å². The molecule has 0 saturated carbocycles. The summed E-state index contributed by atoms with van der Waals surface area (Å²) in [6.45, 7) is 0. The fourth-order valence-corrected chi connectivity index (χ4v) is 4.25. The molecule has 0 amide bonds. The highest BCUT2D eigenvalue weighted by Crippen LogP contribution is 2.60. The van der Waals surface area contributed by atoms with E-state index in [1.54, 1.807) is 24.3 Å². The van der Waals surface area contributed by atoms with E-state index in [0.717, 1.165) is 0 Å². The Morgan fingerprint density at radius 2 is 1.61 bits per heavy atom. The molecule has 0 aromatic heterocycles. The van der Waals surface area contributed by atoms with Gasteiger partial charge in [0.2, 0.25) is 0 Å². The van der Waals surface area contributed by atoms with Gasteiger partial charge in [0.25, 0.3) is 0 Å². The largest absolute Gasteiger partial charge is 0.508 e. The number of aromatic hydroxyl groups is 2. The maximum atomic E-state index is 12.9. The van der Waals surface area contributed by atoms with E-state index in [-0.39, 0.29) is 23.0 Å². The molecule has 0 radical (unpaired) electrons. The van der Waals surface area contributed by atoms with Gasteiger partial charge < -0.3 is 24.8 Å². The molecule has 2 aromatic rings. The normalized spacial score (nSPS) is 23.1. The van der Waals surface area contributed by atoms with Gasteiger partial charge in [-0.3, -0.25) is 9.59 Å². The third kappa shape index (κ3) is 1.98. The lowest BCUT2D eigenvalue weighted by atomic mass is 9.70. The Hall–Kier alpha value is -3.74. The van der Waals surface area contributed by atoms with Crippen LogP contribution in [-0.2, 0) is 19.9 Å². The predicted molar refractivity (Wildman–Crippen MR) is 95.0 cm³/mol. The SMILES string of the molecule is O=C(O)C1C=CC=C2C1C(=O)OC21c2ccc(O)cc2Oc2cc(O)ccc21. The van der Waals surface area contributed by atoms with E-state index in [0.29, 0.717) is 16.7 Å². The van der Waals surface area contributed by atoms with E-state index in [1.807, 2.05) is 0 Å². The number of benzene rings is 2. The first kappa shape index (κ1) is 16.4. The standard InChI is InChI=1S/C21H14O7/c22-10-4-6-13-16(8-10)27-17-9-11(23)5-7-14(17)21(13)15-3-1-2-12(19(24)25)18(15)20(26)28-21/h1-9,12,18,22-23H,(H,24,25). The molecule has 2 aromatic carbocycles. The van der Waals surface area contributed by atoms with E-state index in [1.165, 1.54) is 30.3 Å². The molecule has 7 heteroatoms. The number of fused-ring (bicyclic) bond motifs is 6. The number of carbonyl (C=O) groups excluding carboxylic acids is 1. The second kappa shape index (κ2) is 5.39. The van der Waals surface area contributed by atoms with Crippen molar-refractivity contribution < 1.29 is 34.4 Å². The molecular formula is C21H14O7. The van der Waals surface area contributed by atoms with Crippen molar-refractivity contribution in [3.05, 3.63) is 71.3 Å². The highest BCUT2D eigenvalue weighted by atomic mass is 16.6. The minimum atomic E-state index is -1.40. The van der Waals surface area contributed by atoms with Gasteiger partial charge in [-0.15, -0.1) is 0 Å². The first-order chi connectivity index (χ1) is 13.4. The van der Waals surface area contributed by atoms with Crippen molar-refractivity contribution in [3.8, 4) is 23.0 Å². The van der Waals surface area contributed by atoms with Crippen molar-refractivity contribution in [2.45, 2.75) is 5.60 Å². The maximum Gasteiger partial charge on any atom is 0.316 e. The number of phenolic OH excluding ortho intramolecular Hbond substituents is 2. The maximum absolute atomic E-state index is 12.9. The van der Waals surface area contributed by atoms with E-state index in [2.05, 4.69) is 0 Å².